The Morgan fingerprint density at radius 1 is 1.29 bits per heavy atom. The molecule has 4 heteroatoms. The average molecular weight is 243 g/mol. The van der Waals surface area contributed by atoms with Crippen LogP contribution in [0.2, 0.25) is 0 Å². The third-order valence-electron chi connectivity index (χ3n) is 2.84. The molecule has 0 spiro atoms. The van der Waals surface area contributed by atoms with Crippen LogP contribution in [0.15, 0.2) is 18.2 Å². The zero-order valence-corrected chi connectivity index (χ0v) is 10.5. The molecule has 1 aromatic carbocycles. The van der Waals surface area contributed by atoms with Gasteiger partial charge in [-0.15, -0.1) is 0 Å². The Morgan fingerprint density at radius 2 is 2.00 bits per heavy atom. The number of halogens is 2. The van der Waals surface area contributed by atoms with E-state index < -0.39 is 11.6 Å². The van der Waals surface area contributed by atoms with Crippen LogP contribution >= 0.6 is 0 Å². The van der Waals surface area contributed by atoms with Crippen molar-refractivity contribution in [3.63, 3.8) is 0 Å². The second-order valence-corrected chi connectivity index (χ2v) is 4.06. The number of benzene rings is 1. The van der Waals surface area contributed by atoms with E-state index in [0.717, 1.165) is 18.2 Å². The van der Waals surface area contributed by atoms with Gasteiger partial charge in [-0.05, 0) is 37.6 Å². The molecule has 0 aromatic heterocycles. The maximum absolute atomic E-state index is 13.1. The summed E-state index contributed by atoms with van der Waals surface area (Å²) < 4.78 is 31.1. The van der Waals surface area contributed by atoms with Crippen molar-refractivity contribution in [1.82, 2.24) is 5.32 Å². The maximum Gasteiger partial charge on any atom is 0.159 e. The van der Waals surface area contributed by atoms with Crippen LogP contribution in [0.25, 0.3) is 0 Å². The van der Waals surface area contributed by atoms with Crippen molar-refractivity contribution < 1.29 is 13.5 Å². The third kappa shape index (κ3) is 4.06. The van der Waals surface area contributed by atoms with Crippen molar-refractivity contribution in [2.24, 2.45) is 0 Å². The number of hydrogen-bond acceptors (Lipinski definition) is 2. The predicted molar refractivity (Wildman–Crippen MR) is 64.0 cm³/mol. The molecule has 0 aliphatic heterocycles. The van der Waals surface area contributed by atoms with E-state index in [1.165, 1.54) is 6.07 Å². The van der Waals surface area contributed by atoms with E-state index in [-0.39, 0.29) is 12.1 Å². The number of hydrogen-bond donors (Lipinski definition) is 1. The van der Waals surface area contributed by atoms with Crippen molar-refractivity contribution in [2.75, 3.05) is 13.7 Å². The molecule has 2 atom stereocenters. The first-order valence-electron chi connectivity index (χ1n) is 5.78. The SMILES string of the molecule is CCNC(Cc1ccc(F)c(F)c1)C(C)OC. The first-order valence-corrected chi connectivity index (χ1v) is 5.78. The molecule has 0 bridgehead atoms. The van der Waals surface area contributed by atoms with Gasteiger partial charge in [0.05, 0.1) is 6.10 Å². The molecular weight excluding hydrogens is 224 g/mol. The molecule has 1 aromatic rings. The summed E-state index contributed by atoms with van der Waals surface area (Å²) in [6.07, 6.45) is 0.628. The largest absolute Gasteiger partial charge is 0.380 e. The summed E-state index contributed by atoms with van der Waals surface area (Å²) in [4.78, 5) is 0. The Hall–Kier alpha value is -1.00. The minimum Gasteiger partial charge on any atom is -0.380 e. The monoisotopic (exact) mass is 243 g/mol. The number of methoxy groups -OCH3 is 1. The number of nitrogens with one attached hydrogen (secondary N) is 1. The van der Waals surface area contributed by atoms with Crippen molar-refractivity contribution in [3.8, 4) is 0 Å². The molecule has 1 N–H and O–H groups in total. The normalized spacial score (nSPS) is 14.6. The van der Waals surface area contributed by atoms with Gasteiger partial charge in [-0.25, -0.2) is 8.78 Å². The van der Waals surface area contributed by atoms with Crippen molar-refractivity contribution >= 4 is 0 Å². The Morgan fingerprint density at radius 3 is 2.53 bits per heavy atom. The summed E-state index contributed by atoms with van der Waals surface area (Å²) in [6, 6.07) is 4.09. The number of rotatable bonds is 6. The maximum atomic E-state index is 13.1. The summed E-state index contributed by atoms with van der Waals surface area (Å²) in [6.45, 7) is 4.76. The van der Waals surface area contributed by atoms with E-state index in [1.807, 2.05) is 13.8 Å². The smallest absolute Gasteiger partial charge is 0.159 e. The van der Waals surface area contributed by atoms with E-state index >= 15 is 0 Å². The van der Waals surface area contributed by atoms with Gasteiger partial charge in [0, 0.05) is 13.2 Å². The van der Waals surface area contributed by atoms with E-state index in [1.54, 1.807) is 13.2 Å². The van der Waals surface area contributed by atoms with Crippen LogP contribution in [0, 0.1) is 11.6 Å². The Kier molecular flexibility index (Phi) is 5.51. The lowest BCUT2D eigenvalue weighted by molar-refractivity contribution is 0.0836. The summed E-state index contributed by atoms with van der Waals surface area (Å²) in [7, 11) is 1.64. The fourth-order valence-electron chi connectivity index (χ4n) is 1.75. The van der Waals surface area contributed by atoms with Crippen LogP contribution in [0.5, 0.6) is 0 Å². The van der Waals surface area contributed by atoms with Crippen LogP contribution in [0.3, 0.4) is 0 Å². The zero-order chi connectivity index (χ0) is 12.8. The zero-order valence-electron chi connectivity index (χ0n) is 10.5. The van der Waals surface area contributed by atoms with Gasteiger partial charge in [0.15, 0.2) is 11.6 Å². The molecule has 0 heterocycles. The van der Waals surface area contributed by atoms with Gasteiger partial charge in [-0.3, -0.25) is 0 Å². The third-order valence-corrected chi connectivity index (χ3v) is 2.84. The highest BCUT2D eigenvalue weighted by molar-refractivity contribution is 5.19. The van der Waals surface area contributed by atoms with E-state index in [9.17, 15) is 8.78 Å². The first-order chi connectivity index (χ1) is 8.08. The van der Waals surface area contributed by atoms with Gasteiger partial charge in [0.25, 0.3) is 0 Å². The lowest BCUT2D eigenvalue weighted by Gasteiger charge is -2.23. The van der Waals surface area contributed by atoms with Crippen LogP contribution in [-0.4, -0.2) is 25.8 Å². The van der Waals surface area contributed by atoms with Crippen molar-refractivity contribution in [2.45, 2.75) is 32.4 Å². The summed E-state index contributed by atoms with van der Waals surface area (Å²) in [5, 5.41) is 3.27. The molecule has 1 rings (SSSR count). The van der Waals surface area contributed by atoms with Gasteiger partial charge >= 0.3 is 0 Å². The van der Waals surface area contributed by atoms with Gasteiger partial charge in [-0.2, -0.15) is 0 Å². The minimum absolute atomic E-state index is 0.0167. The van der Waals surface area contributed by atoms with Gasteiger partial charge in [0.2, 0.25) is 0 Å². The van der Waals surface area contributed by atoms with Crippen LogP contribution in [-0.2, 0) is 11.2 Å². The highest BCUT2D eigenvalue weighted by Gasteiger charge is 2.16. The topological polar surface area (TPSA) is 21.3 Å². The van der Waals surface area contributed by atoms with Gasteiger partial charge < -0.3 is 10.1 Å². The number of likely N-dealkylation sites (N-methyl/N-ethyl adjacent to an activating group) is 1. The quantitative estimate of drug-likeness (QED) is 0.829. The van der Waals surface area contributed by atoms with E-state index in [4.69, 9.17) is 4.74 Å². The lowest BCUT2D eigenvalue weighted by Crippen LogP contribution is -2.41. The average Bonchev–Trinajstić information content (AvgIpc) is 2.32. The molecule has 0 amide bonds. The van der Waals surface area contributed by atoms with Crippen LogP contribution < -0.4 is 5.32 Å². The summed E-state index contributed by atoms with van der Waals surface area (Å²) >= 11 is 0. The fraction of sp³-hybridized carbons (Fsp3) is 0.538. The molecular formula is C13H19F2NO. The molecule has 96 valence electrons. The van der Waals surface area contributed by atoms with E-state index in [2.05, 4.69) is 5.32 Å². The van der Waals surface area contributed by atoms with Crippen molar-refractivity contribution in [3.05, 3.63) is 35.4 Å². The number of ether oxygens (including phenoxy) is 1. The molecule has 17 heavy (non-hydrogen) atoms. The highest BCUT2D eigenvalue weighted by atomic mass is 19.2. The molecule has 0 aliphatic rings. The van der Waals surface area contributed by atoms with Crippen LogP contribution in [0.4, 0.5) is 8.78 Å². The predicted octanol–water partition coefficient (Wildman–Crippen LogP) is 2.52. The summed E-state index contributed by atoms with van der Waals surface area (Å²) in [5.74, 6) is -1.61. The Labute approximate surface area is 101 Å². The van der Waals surface area contributed by atoms with Crippen LogP contribution in [0.1, 0.15) is 19.4 Å². The second kappa shape index (κ2) is 6.67. The molecule has 0 aliphatic carbocycles. The van der Waals surface area contributed by atoms with Gasteiger partial charge in [-0.1, -0.05) is 13.0 Å². The molecule has 0 saturated carbocycles. The molecule has 2 nitrogen and oxygen atoms in total. The lowest BCUT2D eigenvalue weighted by atomic mass is 10.0. The van der Waals surface area contributed by atoms with E-state index in [0.29, 0.717) is 6.42 Å². The minimum atomic E-state index is -0.812. The Bertz CT molecular complexity index is 357. The standard InChI is InChI=1S/C13H19F2NO/c1-4-16-13(9(2)17-3)8-10-5-6-11(14)12(15)7-10/h5-7,9,13,16H,4,8H2,1-3H3. The molecule has 0 radical (unpaired) electrons. The fourth-order valence-corrected chi connectivity index (χ4v) is 1.75. The second-order valence-electron chi connectivity index (χ2n) is 4.06. The van der Waals surface area contributed by atoms with Crippen molar-refractivity contribution in [1.29, 1.82) is 0 Å². The summed E-state index contributed by atoms with van der Waals surface area (Å²) in [5.41, 5.74) is 0.763. The first kappa shape index (κ1) is 14.1. The molecule has 0 fully saturated rings. The molecule has 0 saturated heterocycles. The Balaban J connectivity index is 2.74. The highest BCUT2D eigenvalue weighted by Crippen LogP contribution is 2.12. The van der Waals surface area contributed by atoms with Gasteiger partial charge in [0.1, 0.15) is 0 Å². The molecule has 2 unspecified atom stereocenters.